The molecule has 21 heteroatoms. The highest BCUT2D eigenvalue weighted by Gasteiger charge is 2.31. The summed E-state index contributed by atoms with van der Waals surface area (Å²) in [6, 6.07) is 14.7. The lowest BCUT2D eigenvalue weighted by Crippen LogP contribution is -2.56. The number of ketones is 2. The molecule has 6 amide bonds. The fraction of sp³-hybridized carbons (Fsp3) is 0.532. The van der Waals surface area contributed by atoms with Crippen molar-refractivity contribution in [3.63, 3.8) is 0 Å². The van der Waals surface area contributed by atoms with Gasteiger partial charge in [0.2, 0.25) is 35.4 Å². The number of carbonyl (C=O) groups is 10. The molecule has 8 N–H and O–H groups in total. The van der Waals surface area contributed by atoms with E-state index >= 15 is 0 Å². The molecule has 2 rings (SSSR count). The Bertz CT molecular complexity index is 2000. The van der Waals surface area contributed by atoms with Gasteiger partial charge >= 0.3 is 0 Å². The topological polar surface area (TPSA) is 269 Å². The van der Waals surface area contributed by atoms with Gasteiger partial charge in [-0.3, -0.25) is 47.9 Å². The van der Waals surface area contributed by atoms with Crippen molar-refractivity contribution < 1.29 is 47.9 Å². The quantitative estimate of drug-likeness (QED) is 0.0394. The second kappa shape index (κ2) is 32.6. The van der Waals surface area contributed by atoms with Gasteiger partial charge < -0.3 is 37.6 Å². The second-order valence-electron chi connectivity index (χ2n) is 17.4. The molecular weight excluding hydrogens is 906 g/mol. The van der Waals surface area contributed by atoms with Crippen molar-refractivity contribution in [3.05, 3.63) is 71.8 Å². The number of benzene rings is 2. The molecule has 17 nitrogen and oxygen atoms in total. The van der Waals surface area contributed by atoms with E-state index < -0.39 is 77.7 Å². The molecule has 68 heavy (non-hydrogen) atoms. The minimum atomic E-state index is -1.21. The second-order valence-corrected chi connectivity index (χ2v) is 20.3. The summed E-state index contributed by atoms with van der Waals surface area (Å²) < 4.78 is 0. The van der Waals surface area contributed by atoms with Gasteiger partial charge in [-0.25, -0.2) is 0 Å². The van der Waals surface area contributed by atoms with E-state index in [0.29, 0.717) is 6.42 Å². The molecule has 0 saturated carbocycles. The Hall–Kier alpha value is -5.11. The molecule has 0 bridgehead atoms. The summed E-state index contributed by atoms with van der Waals surface area (Å²) in [5.74, 6) is -5.68. The minimum Gasteiger partial charge on any atom is -0.349 e. The largest absolute Gasteiger partial charge is 0.349 e. The Balaban J connectivity index is 1.98. The zero-order valence-corrected chi connectivity index (χ0v) is 42.1. The van der Waals surface area contributed by atoms with Crippen molar-refractivity contribution in [1.82, 2.24) is 31.9 Å². The summed E-state index contributed by atoms with van der Waals surface area (Å²) >= 11 is 0. The summed E-state index contributed by atoms with van der Waals surface area (Å²) in [6.45, 7) is 13.3. The molecule has 0 aliphatic rings. The molecule has 7 unspecified atom stereocenters. The maximum atomic E-state index is 13.8. The van der Waals surface area contributed by atoms with Crippen molar-refractivity contribution in [2.24, 2.45) is 29.4 Å². The Morgan fingerprint density at radius 2 is 1.07 bits per heavy atom. The van der Waals surface area contributed by atoms with E-state index in [1.54, 1.807) is 58.0 Å². The van der Waals surface area contributed by atoms with Crippen molar-refractivity contribution in [3.8, 4) is 0 Å². The van der Waals surface area contributed by atoms with Crippen molar-refractivity contribution in [1.29, 1.82) is 0 Å². The lowest BCUT2D eigenvalue weighted by atomic mass is 9.83. The number of hydrogen-bond acceptors (Lipinski definition) is 11. The van der Waals surface area contributed by atoms with Crippen LogP contribution in [-0.4, -0.2) is 116 Å². The van der Waals surface area contributed by atoms with Crippen LogP contribution in [0.2, 0.25) is 13.6 Å². The molecule has 0 spiro atoms. The zero-order valence-electron chi connectivity index (χ0n) is 40.1. The van der Waals surface area contributed by atoms with Crippen LogP contribution in [-0.2, 0) is 60.8 Å². The van der Waals surface area contributed by atoms with Crippen LogP contribution in [0.5, 0.6) is 0 Å². The van der Waals surface area contributed by atoms with Crippen LogP contribution in [0.25, 0.3) is 0 Å². The standard InChI is InChI=1S/C47H69B2N7O10P2/c1-29(2)19-34(44(63)53-27-42(61)67-48-5)24-39(58)33(21-31-13-9-7-10-14-31)23-35(57)25-51-40(59)18-17-36(50)45(64)52-26-41(60)55-38(22-32-15-11-8-12-16-32)47(66)56-37(20-30(3)4)46(65)54-28-43(62)68-49-6/h7-16,29-30,33-34,36-38,67-68H,17-28,50H2,1-6H3,(H,51,59)(H,52,64)(H,53,63)(H,54,65)(H,55,60)(H,56,66). The van der Waals surface area contributed by atoms with Crippen LogP contribution < -0.4 is 37.6 Å². The van der Waals surface area contributed by atoms with E-state index in [0.717, 1.165) is 11.1 Å². The summed E-state index contributed by atoms with van der Waals surface area (Å²) in [4.78, 5) is 130. The number of Topliss-reactive ketones (excluding diaryl/α,β-unsaturated/α-hetero) is 2. The molecule has 2 aromatic rings. The molecule has 0 heterocycles. The SMILES string of the molecule is C[B]PC(=O)CNC(=O)C(CC(=O)C(CC(=O)CNC(=O)CCC(N)C(=O)NCC(=O)NC(Cc1ccccc1)C(=O)NC(CC(C)C)C(=O)NCC(=O)P[B]C)Cc1ccccc1)CC(C)C. The Labute approximate surface area is 405 Å². The Kier molecular flexibility index (Phi) is 28.3. The molecule has 0 aliphatic carbocycles. The molecule has 368 valence electrons. The van der Waals surface area contributed by atoms with E-state index in [1.165, 1.54) is 0 Å². The number of carbonyl (C=O) groups excluding carboxylic acids is 10. The predicted octanol–water partition coefficient (Wildman–Crippen LogP) is 2.00. The van der Waals surface area contributed by atoms with Crippen molar-refractivity contribution in [2.75, 3.05) is 26.2 Å². The van der Waals surface area contributed by atoms with Gasteiger partial charge in [-0.1, -0.05) is 119 Å². The molecule has 0 fully saturated rings. The molecule has 2 aromatic carbocycles. The van der Waals surface area contributed by atoms with Crippen molar-refractivity contribution >= 4 is 89.0 Å². The molecular formula is C47H69B2N7O10P2. The third kappa shape index (κ3) is 24.8. The highest BCUT2D eigenvalue weighted by Crippen LogP contribution is 2.23. The lowest BCUT2D eigenvalue weighted by molar-refractivity contribution is -0.133. The summed E-state index contributed by atoms with van der Waals surface area (Å²) in [7, 11) is -0.106. The normalized spacial score (nSPS) is 13.5. The van der Waals surface area contributed by atoms with Gasteiger partial charge in [0.25, 0.3) is 0 Å². The van der Waals surface area contributed by atoms with Crippen LogP contribution in [0.3, 0.4) is 0 Å². The van der Waals surface area contributed by atoms with Gasteiger partial charge in [-0.05, 0) is 48.6 Å². The predicted molar refractivity (Wildman–Crippen MR) is 268 cm³/mol. The molecule has 7 atom stereocenters. The van der Waals surface area contributed by atoms with Crippen LogP contribution in [0.1, 0.15) is 77.3 Å². The van der Waals surface area contributed by atoms with Gasteiger partial charge in [0.05, 0.1) is 32.2 Å². The first kappa shape index (κ1) is 59.0. The average molecular weight is 976 g/mol. The summed E-state index contributed by atoms with van der Waals surface area (Å²) in [6.07, 6.45) is 0.301. The van der Waals surface area contributed by atoms with Gasteiger partial charge in [0.15, 0.2) is 16.8 Å². The Morgan fingerprint density at radius 3 is 1.62 bits per heavy atom. The first-order valence-corrected chi connectivity index (χ1v) is 25.2. The van der Waals surface area contributed by atoms with Gasteiger partial charge in [-0.15, -0.1) is 0 Å². The number of rotatable bonds is 34. The third-order valence-electron chi connectivity index (χ3n) is 10.5. The van der Waals surface area contributed by atoms with Crippen LogP contribution >= 0.6 is 16.9 Å². The van der Waals surface area contributed by atoms with E-state index in [1.807, 2.05) is 58.0 Å². The van der Waals surface area contributed by atoms with Gasteiger partial charge in [-0.2, -0.15) is 0 Å². The number of nitrogens with one attached hydrogen (secondary N) is 6. The average Bonchev–Trinajstić information content (AvgIpc) is 3.29. The van der Waals surface area contributed by atoms with E-state index in [4.69, 9.17) is 5.73 Å². The molecule has 0 aromatic heterocycles. The summed E-state index contributed by atoms with van der Waals surface area (Å²) in [5.41, 5.74) is 7.30. The van der Waals surface area contributed by atoms with E-state index in [-0.39, 0.29) is 110 Å². The molecule has 2 radical (unpaired) electrons. The maximum Gasteiger partial charge on any atom is 0.243 e. The highest BCUT2D eigenvalue weighted by atomic mass is 31.1. The fourth-order valence-electron chi connectivity index (χ4n) is 7.11. The zero-order chi connectivity index (χ0) is 50.6. The minimum absolute atomic E-state index is 0.000592. The third-order valence-corrected chi connectivity index (χ3v) is 12.1. The number of amides is 6. The summed E-state index contributed by atoms with van der Waals surface area (Å²) in [5, 5.41) is 15.5. The van der Waals surface area contributed by atoms with Gasteiger partial charge in [0.1, 0.15) is 31.9 Å². The van der Waals surface area contributed by atoms with Crippen LogP contribution in [0.4, 0.5) is 0 Å². The fourth-order valence-corrected chi connectivity index (χ4v) is 8.14. The first-order valence-electron chi connectivity index (χ1n) is 23.0. The number of nitrogens with two attached hydrogens (primary N) is 1. The van der Waals surface area contributed by atoms with E-state index in [9.17, 15) is 47.9 Å². The maximum absolute atomic E-state index is 13.8. The van der Waals surface area contributed by atoms with Crippen molar-refractivity contribution in [2.45, 2.75) is 111 Å². The van der Waals surface area contributed by atoms with E-state index in [2.05, 4.69) is 31.9 Å². The molecule has 0 saturated heterocycles. The van der Waals surface area contributed by atoms with Gasteiger partial charge in [0, 0.05) is 37.5 Å². The molecule has 0 aliphatic heterocycles. The smallest absolute Gasteiger partial charge is 0.243 e. The lowest BCUT2D eigenvalue weighted by Gasteiger charge is -2.24. The van der Waals surface area contributed by atoms with Crippen LogP contribution in [0, 0.1) is 23.7 Å². The number of hydrogen-bond donors (Lipinski definition) is 7. The first-order chi connectivity index (χ1) is 32.3. The Morgan fingerprint density at radius 1 is 0.544 bits per heavy atom. The monoisotopic (exact) mass is 975 g/mol. The highest BCUT2D eigenvalue weighted by molar-refractivity contribution is 7.84. The van der Waals surface area contributed by atoms with Crippen LogP contribution in [0.15, 0.2) is 60.7 Å².